The zero-order chi connectivity index (χ0) is 16.2. The van der Waals surface area contributed by atoms with Crippen LogP contribution in [0.3, 0.4) is 0 Å². The quantitative estimate of drug-likeness (QED) is 0.834. The van der Waals surface area contributed by atoms with Gasteiger partial charge in [0.25, 0.3) is 10.1 Å². The van der Waals surface area contributed by atoms with Crippen molar-refractivity contribution in [3.63, 3.8) is 0 Å². The van der Waals surface area contributed by atoms with Crippen molar-refractivity contribution in [3.8, 4) is 0 Å². The number of aliphatic hydroxyl groups is 1. The van der Waals surface area contributed by atoms with Gasteiger partial charge >= 0.3 is 0 Å². The van der Waals surface area contributed by atoms with E-state index in [4.69, 9.17) is 9.66 Å². The maximum Gasteiger partial charge on any atom is 0.294 e. The first-order valence-corrected chi connectivity index (χ1v) is 8.58. The topological polar surface area (TPSA) is 74.6 Å². The van der Waals surface area contributed by atoms with E-state index in [1.165, 1.54) is 23.3 Å². The van der Waals surface area contributed by atoms with Crippen molar-refractivity contribution in [2.24, 2.45) is 0 Å². The molecule has 0 aliphatic heterocycles. The smallest absolute Gasteiger partial charge is 0.294 e. The third-order valence-electron chi connectivity index (χ3n) is 3.80. The Morgan fingerprint density at radius 1 is 1.09 bits per heavy atom. The highest BCUT2D eigenvalue weighted by molar-refractivity contribution is 7.85. The number of hydrogen-bond donors (Lipinski definition) is 2. The van der Waals surface area contributed by atoms with E-state index in [0.717, 1.165) is 18.4 Å². The largest absolute Gasteiger partial charge is 0.396 e. The Balaban J connectivity index is 0.000000160. The number of fused-ring (bicyclic) bond motifs is 1. The van der Waals surface area contributed by atoms with Crippen molar-refractivity contribution in [2.75, 3.05) is 6.61 Å². The van der Waals surface area contributed by atoms with E-state index in [1.54, 1.807) is 12.1 Å². The van der Waals surface area contributed by atoms with Crippen LogP contribution in [0, 0.1) is 6.92 Å². The van der Waals surface area contributed by atoms with Gasteiger partial charge in [0.05, 0.1) is 4.90 Å². The van der Waals surface area contributed by atoms with E-state index in [0.29, 0.717) is 12.5 Å². The summed E-state index contributed by atoms with van der Waals surface area (Å²) in [5, 5.41) is 9.01. The van der Waals surface area contributed by atoms with E-state index in [1.807, 2.05) is 13.0 Å². The Hall–Kier alpha value is -1.69. The molecule has 5 heteroatoms. The molecule has 0 bridgehead atoms. The summed E-state index contributed by atoms with van der Waals surface area (Å²) >= 11 is 0. The molecule has 0 fully saturated rings. The van der Waals surface area contributed by atoms with Crippen LogP contribution in [0.5, 0.6) is 0 Å². The number of hydrogen-bond acceptors (Lipinski definition) is 3. The van der Waals surface area contributed by atoms with Gasteiger partial charge in [-0.15, -0.1) is 0 Å². The number of benzene rings is 2. The predicted molar refractivity (Wildman–Crippen MR) is 85.6 cm³/mol. The van der Waals surface area contributed by atoms with E-state index in [2.05, 4.69) is 18.2 Å². The summed E-state index contributed by atoms with van der Waals surface area (Å²) in [5.41, 5.74) is 3.74. The lowest BCUT2D eigenvalue weighted by atomic mass is 10.0. The van der Waals surface area contributed by atoms with Gasteiger partial charge in [-0.1, -0.05) is 42.0 Å². The normalized spacial score (nSPS) is 16.6. The molecule has 1 aliphatic carbocycles. The maximum absolute atomic E-state index is 10.5. The third kappa shape index (κ3) is 4.16. The molecule has 0 saturated heterocycles. The van der Waals surface area contributed by atoms with Crippen LogP contribution in [0.1, 0.15) is 29.0 Å². The standard InChI is InChI=1S/C10H12O.C7H8O3S/c11-7-9-6-5-8-3-1-2-4-10(8)9;1-6-2-4-7(5-3-6)11(8,9)10/h1-4,9,11H,5-7H2;2-5H,1H3,(H,8,9,10). The maximum atomic E-state index is 10.5. The molecule has 1 unspecified atom stereocenters. The molecule has 2 aromatic rings. The highest BCUT2D eigenvalue weighted by Crippen LogP contribution is 2.31. The second kappa shape index (κ2) is 7.05. The number of aliphatic hydroxyl groups excluding tert-OH is 1. The average Bonchev–Trinajstić information content (AvgIpc) is 2.90. The van der Waals surface area contributed by atoms with Crippen LogP contribution in [0.25, 0.3) is 0 Å². The fourth-order valence-electron chi connectivity index (χ4n) is 2.55. The van der Waals surface area contributed by atoms with Crippen molar-refractivity contribution >= 4 is 10.1 Å². The molecule has 0 radical (unpaired) electrons. The van der Waals surface area contributed by atoms with Gasteiger partial charge in [-0.25, -0.2) is 0 Å². The molecule has 0 heterocycles. The Bertz CT molecular complexity index is 721. The van der Waals surface area contributed by atoms with E-state index >= 15 is 0 Å². The van der Waals surface area contributed by atoms with Gasteiger partial charge in [0, 0.05) is 12.5 Å². The summed E-state index contributed by atoms with van der Waals surface area (Å²) in [7, 11) is -4.02. The van der Waals surface area contributed by atoms with Crippen LogP contribution in [-0.2, 0) is 16.5 Å². The van der Waals surface area contributed by atoms with Gasteiger partial charge in [-0.2, -0.15) is 8.42 Å². The van der Waals surface area contributed by atoms with Crippen LogP contribution >= 0.6 is 0 Å². The fraction of sp³-hybridized carbons (Fsp3) is 0.294. The second-order valence-corrected chi connectivity index (χ2v) is 6.83. The molecular weight excluding hydrogens is 300 g/mol. The Morgan fingerprint density at radius 2 is 1.73 bits per heavy atom. The highest BCUT2D eigenvalue weighted by Gasteiger charge is 2.20. The van der Waals surface area contributed by atoms with Gasteiger partial charge in [-0.05, 0) is 43.0 Å². The molecular formula is C17H20O4S. The molecule has 22 heavy (non-hydrogen) atoms. The molecule has 0 amide bonds. The zero-order valence-electron chi connectivity index (χ0n) is 12.4. The molecule has 4 nitrogen and oxygen atoms in total. The van der Waals surface area contributed by atoms with Crippen LogP contribution in [0.2, 0.25) is 0 Å². The molecule has 118 valence electrons. The first kappa shape index (κ1) is 16.7. The monoisotopic (exact) mass is 320 g/mol. The second-order valence-electron chi connectivity index (χ2n) is 5.41. The Morgan fingerprint density at radius 3 is 2.32 bits per heavy atom. The van der Waals surface area contributed by atoms with E-state index in [9.17, 15) is 8.42 Å². The lowest BCUT2D eigenvalue weighted by molar-refractivity contribution is 0.265. The molecule has 1 atom stereocenters. The summed E-state index contributed by atoms with van der Waals surface area (Å²) in [5.74, 6) is 0.409. The first-order valence-electron chi connectivity index (χ1n) is 7.14. The van der Waals surface area contributed by atoms with Crippen LogP contribution in [0.15, 0.2) is 53.4 Å². The minimum atomic E-state index is -4.02. The van der Waals surface area contributed by atoms with Crippen molar-refractivity contribution in [3.05, 3.63) is 65.2 Å². The molecule has 1 aliphatic rings. The average molecular weight is 320 g/mol. The minimum Gasteiger partial charge on any atom is -0.396 e. The van der Waals surface area contributed by atoms with Gasteiger partial charge in [-0.3, -0.25) is 4.55 Å². The first-order chi connectivity index (χ1) is 10.4. The Labute approximate surface area is 131 Å². The lowest BCUT2D eigenvalue weighted by Gasteiger charge is -2.05. The molecule has 0 saturated carbocycles. The third-order valence-corrected chi connectivity index (χ3v) is 4.66. The van der Waals surface area contributed by atoms with Gasteiger partial charge in [0.1, 0.15) is 0 Å². The van der Waals surface area contributed by atoms with Gasteiger partial charge in [0.2, 0.25) is 0 Å². The van der Waals surface area contributed by atoms with Crippen LogP contribution < -0.4 is 0 Å². The summed E-state index contributed by atoms with van der Waals surface area (Å²) in [4.78, 5) is -0.0666. The van der Waals surface area contributed by atoms with Crippen LogP contribution in [-0.4, -0.2) is 24.7 Å². The summed E-state index contributed by atoms with van der Waals surface area (Å²) < 4.78 is 29.6. The SMILES string of the molecule is Cc1ccc(S(=O)(=O)O)cc1.OCC1CCc2ccccc21. The molecule has 3 rings (SSSR count). The highest BCUT2D eigenvalue weighted by atomic mass is 32.2. The van der Waals surface area contributed by atoms with Crippen molar-refractivity contribution in [1.29, 1.82) is 0 Å². The van der Waals surface area contributed by atoms with Crippen molar-refractivity contribution < 1.29 is 18.1 Å². The van der Waals surface area contributed by atoms with E-state index < -0.39 is 10.1 Å². The lowest BCUT2D eigenvalue weighted by Crippen LogP contribution is -1.97. The van der Waals surface area contributed by atoms with Gasteiger partial charge < -0.3 is 5.11 Å². The number of rotatable bonds is 2. The van der Waals surface area contributed by atoms with Crippen LogP contribution in [0.4, 0.5) is 0 Å². The summed E-state index contributed by atoms with van der Waals surface area (Å²) in [6.45, 7) is 2.14. The van der Waals surface area contributed by atoms with E-state index in [-0.39, 0.29) is 4.90 Å². The summed E-state index contributed by atoms with van der Waals surface area (Å²) in [6.07, 6.45) is 2.26. The Kier molecular flexibility index (Phi) is 5.34. The molecule has 0 spiro atoms. The summed E-state index contributed by atoms with van der Waals surface area (Å²) in [6, 6.07) is 14.4. The van der Waals surface area contributed by atoms with Crippen molar-refractivity contribution in [2.45, 2.75) is 30.6 Å². The fourth-order valence-corrected chi connectivity index (χ4v) is 3.03. The molecule has 2 aromatic carbocycles. The molecule has 0 aromatic heterocycles. The minimum absolute atomic E-state index is 0.0666. The van der Waals surface area contributed by atoms with Crippen molar-refractivity contribution in [1.82, 2.24) is 0 Å². The molecule has 2 N–H and O–H groups in total. The number of aryl methyl sites for hydroxylation is 2. The zero-order valence-corrected chi connectivity index (χ0v) is 13.3. The predicted octanol–water partition coefficient (Wildman–Crippen LogP) is 2.95. The van der Waals surface area contributed by atoms with Gasteiger partial charge in [0.15, 0.2) is 0 Å².